The van der Waals surface area contributed by atoms with E-state index in [0.29, 0.717) is 26.2 Å². The highest BCUT2D eigenvalue weighted by molar-refractivity contribution is 5.47. The van der Waals surface area contributed by atoms with Crippen molar-refractivity contribution >= 4 is 5.82 Å². The standard InChI is InChI=1S/C12H17FN2O/c1-2-16-9-10-4-3-6-14-12(10)15-7-5-11(13)8-15/h3-4,6,11H,2,5,7-9H2,1H3/t11-/m1/s1. The second kappa shape index (κ2) is 5.25. The molecule has 1 aliphatic heterocycles. The second-order valence-corrected chi connectivity index (χ2v) is 3.96. The summed E-state index contributed by atoms with van der Waals surface area (Å²) in [6.45, 7) is 4.39. The summed E-state index contributed by atoms with van der Waals surface area (Å²) in [7, 11) is 0. The van der Waals surface area contributed by atoms with Crippen LogP contribution < -0.4 is 4.90 Å². The van der Waals surface area contributed by atoms with Crippen molar-refractivity contribution in [2.75, 3.05) is 24.6 Å². The molecule has 1 fully saturated rings. The minimum atomic E-state index is -0.720. The monoisotopic (exact) mass is 224 g/mol. The Morgan fingerprint density at radius 3 is 3.19 bits per heavy atom. The van der Waals surface area contributed by atoms with E-state index in [4.69, 9.17) is 4.74 Å². The van der Waals surface area contributed by atoms with E-state index in [2.05, 4.69) is 4.98 Å². The number of halogens is 1. The number of hydrogen-bond acceptors (Lipinski definition) is 3. The molecule has 0 aromatic carbocycles. The van der Waals surface area contributed by atoms with Crippen molar-refractivity contribution in [2.24, 2.45) is 0 Å². The number of hydrogen-bond donors (Lipinski definition) is 0. The van der Waals surface area contributed by atoms with Crippen LogP contribution in [0.25, 0.3) is 0 Å². The molecule has 0 bridgehead atoms. The fourth-order valence-electron chi connectivity index (χ4n) is 1.95. The normalized spacial score (nSPS) is 20.4. The topological polar surface area (TPSA) is 25.4 Å². The van der Waals surface area contributed by atoms with Crippen molar-refractivity contribution in [3.05, 3.63) is 23.9 Å². The predicted octanol–water partition coefficient (Wildman–Crippen LogP) is 2.17. The van der Waals surface area contributed by atoms with Gasteiger partial charge in [0, 0.05) is 24.9 Å². The lowest BCUT2D eigenvalue weighted by Gasteiger charge is -2.19. The summed E-state index contributed by atoms with van der Waals surface area (Å²) in [5, 5.41) is 0. The zero-order valence-electron chi connectivity index (χ0n) is 9.53. The van der Waals surface area contributed by atoms with Crippen LogP contribution in [-0.2, 0) is 11.3 Å². The first-order valence-electron chi connectivity index (χ1n) is 5.72. The van der Waals surface area contributed by atoms with Gasteiger partial charge in [0.25, 0.3) is 0 Å². The molecule has 2 rings (SSSR count). The van der Waals surface area contributed by atoms with Crippen LogP contribution in [0.3, 0.4) is 0 Å². The predicted molar refractivity (Wildman–Crippen MR) is 61.3 cm³/mol. The average Bonchev–Trinajstić information content (AvgIpc) is 2.73. The first kappa shape index (κ1) is 11.3. The van der Waals surface area contributed by atoms with Gasteiger partial charge in [0.1, 0.15) is 12.0 Å². The van der Waals surface area contributed by atoms with Gasteiger partial charge in [-0.3, -0.25) is 0 Å². The molecule has 2 heterocycles. The fourth-order valence-corrected chi connectivity index (χ4v) is 1.95. The van der Waals surface area contributed by atoms with Crippen molar-refractivity contribution < 1.29 is 9.13 Å². The Labute approximate surface area is 95.2 Å². The van der Waals surface area contributed by atoms with E-state index in [0.717, 1.165) is 17.9 Å². The van der Waals surface area contributed by atoms with Crippen LogP contribution in [0.4, 0.5) is 10.2 Å². The lowest BCUT2D eigenvalue weighted by atomic mass is 10.2. The fraction of sp³-hybridized carbons (Fsp3) is 0.583. The summed E-state index contributed by atoms with van der Waals surface area (Å²) in [4.78, 5) is 6.33. The van der Waals surface area contributed by atoms with Gasteiger partial charge in [0.15, 0.2) is 0 Å². The van der Waals surface area contributed by atoms with Gasteiger partial charge in [-0.25, -0.2) is 9.37 Å². The van der Waals surface area contributed by atoms with Crippen LogP contribution in [0.15, 0.2) is 18.3 Å². The summed E-state index contributed by atoms with van der Waals surface area (Å²) in [5.41, 5.74) is 1.04. The van der Waals surface area contributed by atoms with Crippen molar-refractivity contribution in [1.82, 2.24) is 4.98 Å². The largest absolute Gasteiger partial charge is 0.377 e. The van der Waals surface area contributed by atoms with Crippen LogP contribution in [0, 0.1) is 0 Å². The number of aromatic nitrogens is 1. The molecule has 16 heavy (non-hydrogen) atoms. The minimum Gasteiger partial charge on any atom is -0.377 e. The SMILES string of the molecule is CCOCc1cccnc1N1CC[C@@H](F)C1. The van der Waals surface area contributed by atoms with E-state index >= 15 is 0 Å². The number of rotatable bonds is 4. The second-order valence-electron chi connectivity index (χ2n) is 3.96. The van der Waals surface area contributed by atoms with E-state index in [1.54, 1.807) is 6.20 Å². The van der Waals surface area contributed by atoms with Gasteiger partial charge in [-0.05, 0) is 19.4 Å². The number of pyridine rings is 1. The van der Waals surface area contributed by atoms with Crippen LogP contribution in [0.5, 0.6) is 0 Å². The molecule has 4 heteroatoms. The highest BCUT2D eigenvalue weighted by atomic mass is 19.1. The quantitative estimate of drug-likeness (QED) is 0.783. The molecule has 0 spiro atoms. The summed E-state index contributed by atoms with van der Waals surface area (Å²) < 4.78 is 18.5. The van der Waals surface area contributed by atoms with E-state index in [9.17, 15) is 4.39 Å². The third kappa shape index (κ3) is 2.50. The Morgan fingerprint density at radius 2 is 2.50 bits per heavy atom. The average molecular weight is 224 g/mol. The van der Waals surface area contributed by atoms with Gasteiger partial charge in [-0.2, -0.15) is 0 Å². The molecule has 1 aromatic rings. The smallest absolute Gasteiger partial charge is 0.134 e. The summed E-state index contributed by atoms with van der Waals surface area (Å²) >= 11 is 0. The molecule has 1 atom stereocenters. The van der Waals surface area contributed by atoms with E-state index in [1.165, 1.54) is 0 Å². The maximum absolute atomic E-state index is 13.1. The number of alkyl halides is 1. The van der Waals surface area contributed by atoms with Crippen molar-refractivity contribution in [1.29, 1.82) is 0 Å². The molecule has 0 aliphatic carbocycles. The number of nitrogens with zero attached hydrogens (tertiary/aromatic N) is 2. The van der Waals surface area contributed by atoms with Crippen molar-refractivity contribution in [3.63, 3.8) is 0 Å². The molecule has 0 N–H and O–H groups in total. The lowest BCUT2D eigenvalue weighted by Crippen LogP contribution is -2.22. The molecular weight excluding hydrogens is 207 g/mol. The Hall–Kier alpha value is -1.16. The zero-order valence-corrected chi connectivity index (χ0v) is 9.53. The van der Waals surface area contributed by atoms with Gasteiger partial charge in [0.05, 0.1) is 13.2 Å². The lowest BCUT2D eigenvalue weighted by molar-refractivity contribution is 0.134. The van der Waals surface area contributed by atoms with E-state index in [1.807, 2.05) is 24.0 Å². The first-order chi connectivity index (χ1) is 7.81. The van der Waals surface area contributed by atoms with E-state index in [-0.39, 0.29) is 0 Å². The molecule has 0 amide bonds. The number of anilines is 1. The van der Waals surface area contributed by atoms with Crippen molar-refractivity contribution in [3.8, 4) is 0 Å². The molecule has 1 saturated heterocycles. The number of ether oxygens (including phenoxy) is 1. The molecule has 3 nitrogen and oxygen atoms in total. The minimum absolute atomic E-state index is 0.455. The molecule has 0 unspecified atom stereocenters. The third-order valence-corrected chi connectivity index (χ3v) is 2.76. The Bertz CT molecular complexity index is 346. The zero-order chi connectivity index (χ0) is 11.4. The molecule has 1 aliphatic rings. The molecule has 88 valence electrons. The molecule has 0 radical (unpaired) electrons. The maximum atomic E-state index is 13.1. The van der Waals surface area contributed by atoms with E-state index < -0.39 is 6.17 Å². The van der Waals surface area contributed by atoms with Gasteiger partial charge >= 0.3 is 0 Å². The first-order valence-corrected chi connectivity index (χ1v) is 5.72. The van der Waals surface area contributed by atoms with Gasteiger partial charge in [-0.15, -0.1) is 0 Å². The maximum Gasteiger partial charge on any atom is 0.134 e. The summed E-state index contributed by atoms with van der Waals surface area (Å²) in [5.74, 6) is 0.871. The Balaban J connectivity index is 2.12. The summed E-state index contributed by atoms with van der Waals surface area (Å²) in [6.07, 6.45) is 1.63. The Morgan fingerprint density at radius 1 is 1.62 bits per heavy atom. The van der Waals surface area contributed by atoms with Gasteiger partial charge in [0.2, 0.25) is 0 Å². The molecular formula is C12H17FN2O. The highest BCUT2D eigenvalue weighted by Gasteiger charge is 2.24. The summed E-state index contributed by atoms with van der Waals surface area (Å²) in [6, 6.07) is 3.88. The molecule has 1 aromatic heterocycles. The van der Waals surface area contributed by atoms with Crippen LogP contribution >= 0.6 is 0 Å². The Kier molecular flexibility index (Phi) is 3.72. The van der Waals surface area contributed by atoms with Gasteiger partial charge in [-0.1, -0.05) is 6.07 Å². The highest BCUT2D eigenvalue weighted by Crippen LogP contribution is 2.23. The van der Waals surface area contributed by atoms with Crippen molar-refractivity contribution in [2.45, 2.75) is 26.1 Å². The third-order valence-electron chi connectivity index (χ3n) is 2.76. The van der Waals surface area contributed by atoms with Crippen LogP contribution in [0.2, 0.25) is 0 Å². The van der Waals surface area contributed by atoms with Crippen LogP contribution in [-0.4, -0.2) is 30.9 Å². The molecule has 0 saturated carbocycles. The van der Waals surface area contributed by atoms with Gasteiger partial charge < -0.3 is 9.64 Å². The van der Waals surface area contributed by atoms with Crippen LogP contribution in [0.1, 0.15) is 18.9 Å².